The van der Waals surface area contributed by atoms with E-state index < -0.39 is 0 Å². The Morgan fingerprint density at radius 2 is 1.92 bits per heavy atom. The van der Waals surface area contributed by atoms with Gasteiger partial charge >= 0.3 is 0 Å². The average Bonchev–Trinajstić information content (AvgIpc) is 3.29. The number of anilines is 1. The van der Waals surface area contributed by atoms with Crippen LogP contribution in [0.15, 0.2) is 18.5 Å². The molecule has 1 saturated heterocycles. The van der Waals surface area contributed by atoms with Gasteiger partial charge in [-0.3, -0.25) is 9.69 Å². The zero-order valence-electron chi connectivity index (χ0n) is 15.6. The highest BCUT2D eigenvalue weighted by Gasteiger charge is 2.39. The first-order chi connectivity index (χ1) is 12.8. The highest BCUT2D eigenvalue weighted by molar-refractivity contribution is 5.76. The minimum absolute atomic E-state index is 0.272. The summed E-state index contributed by atoms with van der Waals surface area (Å²) in [7, 11) is 0. The zero-order valence-corrected chi connectivity index (χ0v) is 15.6. The van der Waals surface area contributed by atoms with E-state index in [1.54, 1.807) is 12.4 Å². The first kappa shape index (κ1) is 17.7. The first-order valence-corrected chi connectivity index (χ1v) is 10.3. The van der Waals surface area contributed by atoms with Crippen LogP contribution in [0.1, 0.15) is 38.5 Å². The lowest BCUT2D eigenvalue weighted by Crippen LogP contribution is -2.47. The van der Waals surface area contributed by atoms with E-state index in [1.165, 1.54) is 25.7 Å². The zero-order chi connectivity index (χ0) is 17.8. The Balaban J connectivity index is 1.08. The van der Waals surface area contributed by atoms with Crippen molar-refractivity contribution >= 4 is 11.9 Å². The highest BCUT2D eigenvalue weighted by Crippen LogP contribution is 2.49. The Kier molecular flexibility index (Phi) is 5.68. The Labute approximate surface area is 156 Å². The Hall–Kier alpha value is -1.69. The van der Waals surface area contributed by atoms with Crippen LogP contribution in [0, 0.1) is 17.8 Å². The van der Waals surface area contributed by atoms with Gasteiger partial charge in [0.2, 0.25) is 11.9 Å². The molecule has 3 aliphatic rings. The second-order valence-electron chi connectivity index (χ2n) is 8.22. The molecule has 1 N–H and O–H groups in total. The third-order valence-corrected chi connectivity index (χ3v) is 6.51. The van der Waals surface area contributed by atoms with Crippen molar-refractivity contribution in [2.24, 2.45) is 17.8 Å². The molecule has 3 fully saturated rings. The second-order valence-corrected chi connectivity index (χ2v) is 8.22. The molecule has 1 aromatic heterocycles. The summed E-state index contributed by atoms with van der Waals surface area (Å²) in [5, 5.41) is 3.15. The van der Waals surface area contributed by atoms with Crippen LogP contribution in [0.5, 0.6) is 0 Å². The van der Waals surface area contributed by atoms with Crippen molar-refractivity contribution in [2.75, 3.05) is 44.2 Å². The normalized spacial score (nSPS) is 28.5. The van der Waals surface area contributed by atoms with Gasteiger partial charge in [-0.2, -0.15) is 0 Å². The summed E-state index contributed by atoms with van der Waals surface area (Å²) in [6.07, 6.45) is 10.9. The summed E-state index contributed by atoms with van der Waals surface area (Å²) in [5.41, 5.74) is 0. The van der Waals surface area contributed by atoms with Crippen LogP contribution in [0.25, 0.3) is 0 Å². The molecule has 3 atom stereocenters. The number of hydrogen-bond acceptors (Lipinski definition) is 5. The van der Waals surface area contributed by atoms with E-state index in [1.807, 2.05) is 6.07 Å². The third kappa shape index (κ3) is 4.34. The lowest BCUT2D eigenvalue weighted by molar-refractivity contribution is -0.122. The van der Waals surface area contributed by atoms with Gasteiger partial charge in [-0.05, 0) is 56.0 Å². The monoisotopic (exact) mass is 357 g/mol. The molecule has 1 amide bonds. The number of amides is 1. The van der Waals surface area contributed by atoms with E-state index in [9.17, 15) is 4.79 Å². The minimum atomic E-state index is 0.272. The van der Waals surface area contributed by atoms with Crippen molar-refractivity contribution in [1.29, 1.82) is 0 Å². The average molecular weight is 358 g/mol. The number of nitrogens with one attached hydrogen (secondary N) is 1. The number of carbonyl (C=O) groups is 1. The number of aromatic nitrogens is 2. The fourth-order valence-corrected chi connectivity index (χ4v) is 5.09. The molecule has 1 aliphatic heterocycles. The van der Waals surface area contributed by atoms with E-state index in [0.29, 0.717) is 5.92 Å². The van der Waals surface area contributed by atoms with Gasteiger partial charge in [0.05, 0.1) is 0 Å². The Bertz CT molecular complexity index is 587. The van der Waals surface area contributed by atoms with Gasteiger partial charge in [0.1, 0.15) is 0 Å². The summed E-state index contributed by atoms with van der Waals surface area (Å²) in [6.45, 7) is 5.88. The maximum Gasteiger partial charge on any atom is 0.225 e. The molecule has 6 nitrogen and oxygen atoms in total. The van der Waals surface area contributed by atoms with Gasteiger partial charge in [-0.15, -0.1) is 0 Å². The smallest absolute Gasteiger partial charge is 0.225 e. The fourth-order valence-electron chi connectivity index (χ4n) is 5.09. The molecule has 26 heavy (non-hydrogen) atoms. The number of piperazine rings is 1. The molecular weight excluding hydrogens is 326 g/mol. The van der Waals surface area contributed by atoms with E-state index in [0.717, 1.165) is 69.9 Å². The maximum absolute atomic E-state index is 12.2. The first-order valence-electron chi connectivity index (χ1n) is 10.3. The fraction of sp³-hybridized carbons (Fsp3) is 0.750. The maximum atomic E-state index is 12.2. The van der Waals surface area contributed by atoms with Crippen LogP contribution in [0.3, 0.4) is 0 Å². The summed E-state index contributed by atoms with van der Waals surface area (Å²) in [4.78, 5) is 25.6. The Morgan fingerprint density at radius 3 is 2.62 bits per heavy atom. The summed E-state index contributed by atoms with van der Waals surface area (Å²) in [5.74, 6) is 3.55. The molecule has 3 unspecified atom stereocenters. The van der Waals surface area contributed by atoms with Crippen LogP contribution in [-0.2, 0) is 4.79 Å². The quantitative estimate of drug-likeness (QED) is 0.756. The number of rotatable bonds is 7. The molecule has 0 radical (unpaired) electrons. The predicted molar refractivity (Wildman–Crippen MR) is 102 cm³/mol. The van der Waals surface area contributed by atoms with Crippen molar-refractivity contribution in [3.05, 3.63) is 18.5 Å². The third-order valence-electron chi connectivity index (χ3n) is 6.51. The van der Waals surface area contributed by atoms with Crippen LogP contribution in [0.2, 0.25) is 0 Å². The molecular formula is C20H31N5O. The summed E-state index contributed by atoms with van der Waals surface area (Å²) < 4.78 is 0. The summed E-state index contributed by atoms with van der Waals surface area (Å²) >= 11 is 0. The van der Waals surface area contributed by atoms with Gasteiger partial charge in [-0.25, -0.2) is 9.97 Å². The molecule has 2 heterocycles. The van der Waals surface area contributed by atoms with Crippen LogP contribution in [-0.4, -0.2) is 60.0 Å². The molecule has 142 valence electrons. The van der Waals surface area contributed by atoms with Crippen LogP contribution >= 0.6 is 0 Å². The summed E-state index contributed by atoms with van der Waals surface area (Å²) in [6, 6.07) is 1.85. The van der Waals surface area contributed by atoms with Gasteiger partial charge in [0.15, 0.2) is 0 Å². The number of fused-ring (bicyclic) bond motifs is 2. The topological polar surface area (TPSA) is 61.4 Å². The molecule has 0 spiro atoms. The van der Waals surface area contributed by atoms with Crippen molar-refractivity contribution in [3.63, 3.8) is 0 Å². The van der Waals surface area contributed by atoms with E-state index in [2.05, 4.69) is 25.1 Å². The lowest BCUT2D eigenvalue weighted by atomic mass is 9.86. The molecule has 2 saturated carbocycles. The number of nitrogens with zero attached hydrogens (tertiary/aromatic N) is 4. The van der Waals surface area contributed by atoms with Gasteiger partial charge in [0, 0.05) is 51.5 Å². The molecule has 2 aliphatic carbocycles. The SMILES string of the molecule is O=C(CC1CC2CCC1C2)NCCCN1CCN(c2ncccn2)CC1. The Morgan fingerprint density at radius 1 is 1.12 bits per heavy atom. The second kappa shape index (κ2) is 8.33. The molecule has 6 heteroatoms. The molecule has 1 aromatic rings. The highest BCUT2D eigenvalue weighted by atomic mass is 16.1. The predicted octanol–water partition coefficient (Wildman–Crippen LogP) is 1.93. The number of hydrogen-bond donors (Lipinski definition) is 1. The molecule has 4 rings (SSSR count). The van der Waals surface area contributed by atoms with Crippen molar-refractivity contribution in [2.45, 2.75) is 38.5 Å². The van der Waals surface area contributed by atoms with Crippen LogP contribution < -0.4 is 10.2 Å². The van der Waals surface area contributed by atoms with Gasteiger partial charge < -0.3 is 10.2 Å². The largest absolute Gasteiger partial charge is 0.356 e. The standard InChI is InChI=1S/C20H31N5O/c26-19(15-18-14-16-3-4-17(18)13-16)21-7-2-8-24-9-11-25(12-10-24)20-22-5-1-6-23-20/h1,5-6,16-18H,2-4,7-15H2,(H,21,26). The van der Waals surface area contributed by atoms with E-state index in [-0.39, 0.29) is 5.91 Å². The van der Waals surface area contributed by atoms with Crippen molar-refractivity contribution in [1.82, 2.24) is 20.2 Å². The van der Waals surface area contributed by atoms with E-state index >= 15 is 0 Å². The van der Waals surface area contributed by atoms with Crippen LogP contribution in [0.4, 0.5) is 5.95 Å². The minimum Gasteiger partial charge on any atom is -0.356 e. The van der Waals surface area contributed by atoms with Gasteiger partial charge in [-0.1, -0.05) is 6.42 Å². The lowest BCUT2D eigenvalue weighted by Gasteiger charge is -2.34. The van der Waals surface area contributed by atoms with E-state index in [4.69, 9.17) is 0 Å². The van der Waals surface area contributed by atoms with Gasteiger partial charge in [0.25, 0.3) is 0 Å². The number of carbonyl (C=O) groups excluding carboxylic acids is 1. The van der Waals surface area contributed by atoms with Crippen molar-refractivity contribution < 1.29 is 4.79 Å². The molecule has 2 bridgehead atoms. The van der Waals surface area contributed by atoms with Crippen molar-refractivity contribution in [3.8, 4) is 0 Å². The molecule has 0 aromatic carbocycles.